The lowest BCUT2D eigenvalue weighted by atomic mass is 9.98. The van der Waals surface area contributed by atoms with E-state index in [0.29, 0.717) is 22.7 Å². The van der Waals surface area contributed by atoms with Crippen molar-refractivity contribution in [1.82, 2.24) is 10.2 Å². The van der Waals surface area contributed by atoms with E-state index in [-0.39, 0.29) is 10.8 Å². The number of hydrogen-bond donors (Lipinski definition) is 3. The molecule has 9 nitrogen and oxygen atoms in total. The molecule has 2 aliphatic heterocycles. The fraction of sp³-hybridized carbons (Fsp3) is 0.462. The second-order valence-electron chi connectivity index (χ2n) is 9.62. The summed E-state index contributed by atoms with van der Waals surface area (Å²) in [5.41, 5.74) is 2.44. The highest BCUT2D eigenvalue weighted by Gasteiger charge is 2.38. The lowest BCUT2D eigenvalue weighted by molar-refractivity contribution is -0.192. The van der Waals surface area contributed by atoms with Crippen molar-refractivity contribution >= 4 is 33.3 Å². The van der Waals surface area contributed by atoms with Crippen molar-refractivity contribution in [3.8, 4) is 0 Å². The van der Waals surface area contributed by atoms with Gasteiger partial charge in [-0.05, 0) is 55.5 Å². The first-order chi connectivity index (χ1) is 18.3. The second-order valence-corrected chi connectivity index (χ2v) is 11.3. The molecule has 3 N–H and O–H groups in total. The Morgan fingerprint density at radius 3 is 2.18 bits per heavy atom. The quantitative estimate of drug-likeness (QED) is 0.502. The third kappa shape index (κ3) is 8.09. The second kappa shape index (κ2) is 12.7. The number of alkyl halides is 3. The Hall–Kier alpha value is -3.32. The van der Waals surface area contributed by atoms with Crippen LogP contribution in [0.2, 0.25) is 0 Å². The Morgan fingerprint density at radius 1 is 1.03 bits per heavy atom. The van der Waals surface area contributed by atoms with E-state index in [9.17, 15) is 26.4 Å². The summed E-state index contributed by atoms with van der Waals surface area (Å²) in [6.45, 7) is 8.68. The van der Waals surface area contributed by atoms with Crippen LogP contribution in [0.4, 0.5) is 24.5 Å². The third-order valence-corrected chi connectivity index (χ3v) is 8.17. The number of likely N-dealkylation sites (tertiary alicyclic amines) is 1. The number of amides is 1. The average molecular weight is 571 g/mol. The molecule has 1 amide bonds. The summed E-state index contributed by atoms with van der Waals surface area (Å²) in [6.07, 6.45) is -3.09. The number of piperazine rings is 1. The summed E-state index contributed by atoms with van der Waals surface area (Å²) < 4.78 is 61.0. The lowest BCUT2D eigenvalue weighted by Gasteiger charge is -2.32. The molecule has 0 aliphatic carbocycles. The largest absolute Gasteiger partial charge is 0.490 e. The average Bonchev–Trinajstić information content (AvgIpc) is 2.89. The molecule has 2 saturated heterocycles. The van der Waals surface area contributed by atoms with Crippen LogP contribution in [0.3, 0.4) is 0 Å². The van der Waals surface area contributed by atoms with Crippen molar-refractivity contribution in [2.24, 2.45) is 5.92 Å². The first-order valence-corrected chi connectivity index (χ1v) is 14.1. The topological polar surface area (TPSA) is 119 Å². The summed E-state index contributed by atoms with van der Waals surface area (Å²) >= 11 is 0. The van der Waals surface area contributed by atoms with Gasteiger partial charge in [-0.3, -0.25) is 9.52 Å². The number of anilines is 2. The summed E-state index contributed by atoms with van der Waals surface area (Å²) in [7, 11) is -3.80. The minimum absolute atomic E-state index is 0.0416. The van der Waals surface area contributed by atoms with E-state index in [1.165, 1.54) is 0 Å². The molecule has 2 heterocycles. The van der Waals surface area contributed by atoms with Gasteiger partial charge in [0, 0.05) is 44.8 Å². The molecule has 2 fully saturated rings. The van der Waals surface area contributed by atoms with E-state index in [2.05, 4.69) is 21.9 Å². The van der Waals surface area contributed by atoms with E-state index in [4.69, 9.17) is 9.90 Å². The van der Waals surface area contributed by atoms with Gasteiger partial charge in [-0.2, -0.15) is 13.2 Å². The SMILES string of the molecule is Cc1ccccc1S(=O)(=O)Nc1cc(C(=O)N2CCC(C)CC2)ccc1N1CCNCC1.O=C(O)C(F)(F)F. The maximum Gasteiger partial charge on any atom is 0.490 e. The molecule has 0 radical (unpaired) electrons. The number of carbonyl (C=O) groups excluding carboxylic acids is 1. The molecular formula is C26H33F3N4O5S. The van der Waals surface area contributed by atoms with Crippen molar-refractivity contribution in [2.45, 2.75) is 37.8 Å². The predicted molar refractivity (Wildman–Crippen MR) is 142 cm³/mol. The lowest BCUT2D eigenvalue weighted by Crippen LogP contribution is -2.44. The van der Waals surface area contributed by atoms with Crippen LogP contribution >= 0.6 is 0 Å². The number of sulfonamides is 1. The van der Waals surface area contributed by atoms with Gasteiger partial charge in [-0.1, -0.05) is 25.1 Å². The van der Waals surface area contributed by atoms with Crippen LogP contribution in [-0.4, -0.2) is 75.7 Å². The standard InChI is InChI=1S/C24H32N4O3S.C2HF3O2/c1-18-9-13-28(14-10-18)24(29)20-7-8-22(27-15-11-25-12-16-27)21(17-20)26-32(30,31)23-6-4-3-5-19(23)2;3-2(4,5)1(6)7/h3-8,17-18,25-26H,9-16H2,1-2H3;(H,6,7). The minimum Gasteiger partial charge on any atom is -0.475 e. The number of aryl methyl sites for hydroxylation is 1. The van der Waals surface area contributed by atoms with Gasteiger partial charge in [0.25, 0.3) is 15.9 Å². The van der Waals surface area contributed by atoms with Crippen LogP contribution in [0, 0.1) is 12.8 Å². The zero-order valence-corrected chi connectivity index (χ0v) is 22.6. The number of aliphatic carboxylic acids is 1. The molecule has 2 aromatic carbocycles. The summed E-state index contributed by atoms with van der Waals surface area (Å²) in [5.74, 6) is -2.17. The molecule has 0 atom stereocenters. The van der Waals surface area contributed by atoms with Gasteiger partial charge in [0.2, 0.25) is 0 Å². The molecule has 0 bridgehead atoms. The third-order valence-electron chi connectivity index (χ3n) is 6.64. The number of carboxylic acid groups (broad SMARTS) is 1. The Bertz CT molecular complexity index is 1270. The molecule has 2 aromatic rings. The van der Waals surface area contributed by atoms with Gasteiger partial charge >= 0.3 is 12.1 Å². The summed E-state index contributed by atoms with van der Waals surface area (Å²) in [4.78, 5) is 26.3. The maximum atomic E-state index is 13.2. The van der Waals surface area contributed by atoms with Gasteiger partial charge < -0.3 is 20.2 Å². The number of halogens is 3. The fourth-order valence-electron chi connectivity index (χ4n) is 4.38. The molecule has 0 spiro atoms. The van der Waals surface area contributed by atoms with Gasteiger partial charge in [-0.25, -0.2) is 13.2 Å². The zero-order chi connectivity index (χ0) is 28.8. The van der Waals surface area contributed by atoms with Crippen molar-refractivity contribution in [2.75, 3.05) is 48.9 Å². The van der Waals surface area contributed by atoms with Gasteiger partial charge in [0.05, 0.1) is 16.3 Å². The molecule has 13 heteroatoms. The van der Waals surface area contributed by atoms with E-state index in [1.54, 1.807) is 31.2 Å². The van der Waals surface area contributed by atoms with E-state index in [0.717, 1.165) is 57.8 Å². The van der Waals surface area contributed by atoms with E-state index in [1.807, 2.05) is 23.1 Å². The molecule has 4 rings (SSSR count). The zero-order valence-electron chi connectivity index (χ0n) is 21.8. The Labute approximate surface area is 226 Å². The first kappa shape index (κ1) is 30.2. The number of carboxylic acids is 1. The molecular weight excluding hydrogens is 537 g/mol. The van der Waals surface area contributed by atoms with Crippen LogP contribution in [0.1, 0.15) is 35.7 Å². The first-order valence-electron chi connectivity index (χ1n) is 12.6. The van der Waals surface area contributed by atoms with E-state index >= 15 is 0 Å². The highest BCUT2D eigenvalue weighted by atomic mass is 32.2. The summed E-state index contributed by atoms with van der Waals surface area (Å²) in [5, 5.41) is 10.4. The number of piperidine rings is 1. The molecule has 2 aliphatic rings. The van der Waals surface area contributed by atoms with Crippen LogP contribution in [0.15, 0.2) is 47.4 Å². The van der Waals surface area contributed by atoms with Crippen molar-refractivity contribution in [3.05, 3.63) is 53.6 Å². The highest BCUT2D eigenvalue weighted by Crippen LogP contribution is 2.31. The van der Waals surface area contributed by atoms with Crippen LogP contribution in [0.25, 0.3) is 0 Å². The van der Waals surface area contributed by atoms with Crippen LogP contribution in [-0.2, 0) is 14.8 Å². The number of carbonyl (C=O) groups is 2. The molecule has 0 unspecified atom stereocenters. The van der Waals surface area contributed by atoms with Gasteiger partial charge in [0.1, 0.15) is 0 Å². The van der Waals surface area contributed by atoms with Crippen molar-refractivity contribution in [1.29, 1.82) is 0 Å². The number of hydrogen-bond acceptors (Lipinski definition) is 6. The normalized spacial score (nSPS) is 16.7. The monoisotopic (exact) mass is 570 g/mol. The number of nitrogens with zero attached hydrogens (tertiary/aromatic N) is 2. The summed E-state index contributed by atoms with van der Waals surface area (Å²) in [6, 6.07) is 12.3. The molecule has 39 heavy (non-hydrogen) atoms. The van der Waals surface area contributed by atoms with Crippen LogP contribution < -0.4 is 14.9 Å². The highest BCUT2D eigenvalue weighted by molar-refractivity contribution is 7.92. The maximum absolute atomic E-state index is 13.2. The smallest absolute Gasteiger partial charge is 0.475 e. The number of rotatable bonds is 5. The molecule has 0 saturated carbocycles. The van der Waals surface area contributed by atoms with E-state index < -0.39 is 22.2 Å². The fourth-order valence-corrected chi connectivity index (χ4v) is 5.70. The predicted octanol–water partition coefficient (Wildman–Crippen LogP) is 3.71. The number of benzene rings is 2. The van der Waals surface area contributed by atoms with Gasteiger partial charge in [0.15, 0.2) is 0 Å². The Balaban J connectivity index is 0.000000532. The Kier molecular flexibility index (Phi) is 9.83. The minimum atomic E-state index is -5.08. The van der Waals surface area contributed by atoms with Crippen molar-refractivity contribution in [3.63, 3.8) is 0 Å². The Morgan fingerprint density at radius 2 is 1.62 bits per heavy atom. The van der Waals surface area contributed by atoms with Crippen molar-refractivity contribution < 1.29 is 36.3 Å². The molecule has 214 valence electrons. The number of nitrogens with one attached hydrogen (secondary N) is 2. The van der Waals surface area contributed by atoms with Gasteiger partial charge in [-0.15, -0.1) is 0 Å². The molecule has 0 aromatic heterocycles. The van der Waals surface area contributed by atoms with Crippen LogP contribution in [0.5, 0.6) is 0 Å².